The van der Waals surface area contributed by atoms with Crippen molar-refractivity contribution in [2.75, 3.05) is 0 Å². The Bertz CT molecular complexity index is 715. The first kappa shape index (κ1) is 12.8. The highest BCUT2D eigenvalue weighted by Crippen LogP contribution is 2.27. The molecule has 2 heterocycles. The molecule has 4 nitrogen and oxygen atoms in total. The lowest BCUT2D eigenvalue weighted by atomic mass is 10.0. The molecule has 0 aliphatic rings. The van der Waals surface area contributed by atoms with Gasteiger partial charge in [-0.2, -0.15) is 0 Å². The van der Waals surface area contributed by atoms with Crippen molar-refractivity contribution in [3.8, 4) is 0 Å². The van der Waals surface area contributed by atoms with Gasteiger partial charge in [0, 0.05) is 29.9 Å². The Kier molecular flexibility index (Phi) is 3.48. The van der Waals surface area contributed by atoms with Crippen molar-refractivity contribution in [2.24, 2.45) is 0 Å². The monoisotopic (exact) mass is 267 g/mol. The SMILES string of the molecule is CCCn1cncc1C(O)c1cncc2ccccc12. The number of aliphatic hydroxyl groups is 1. The normalized spacial score (nSPS) is 12.7. The van der Waals surface area contributed by atoms with Crippen LogP contribution in [0.1, 0.15) is 30.7 Å². The van der Waals surface area contributed by atoms with Crippen LogP contribution in [-0.2, 0) is 6.54 Å². The van der Waals surface area contributed by atoms with Crippen molar-refractivity contribution in [3.63, 3.8) is 0 Å². The van der Waals surface area contributed by atoms with Gasteiger partial charge in [-0.3, -0.25) is 4.98 Å². The van der Waals surface area contributed by atoms with Crippen molar-refractivity contribution in [1.29, 1.82) is 0 Å². The summed E-state index contributed by atoms with van der Waals surface area (Å²) in [7, 11) is 0. The number of aromatic nitrogens is 3. The summed E-state index contributed by atoms with van der Waals surface area (Å²) in [6.45, 7) is 2.96. The molecule has 1 atom stereocenters. The van der Waals surface area contributed by atoms with E-state index in [9.17, 15) is 5.11 Å². The largest absolute Gasteiger partial charge is 0.382 e. The first-order valence-corrected chi connectivity index (χ1v) is 6.82. The third-order valence-corrected chi connectivity index (χ3v) is 3.48. The van der Waals surface area contributed by atoms with Gasteiger partial charge in [0.25, 0.3) is 0 Å². The molecule has 3 rings (SSSR count). The topological polar surface area (TPSA) is 50.9 Å². The number of benzene rings is 1. The van der Waals surface area contributed by atoms with Crippen molar-refractivity contribution in [1.82, 2.24) is 14.5 Å². The van der Waals surface area contributed by atoms with Crippen LogP contribution in [0.5, 0.6) is 0 Å². The molecule has 1 unspecified atom stereocenters. The highest BCUT2D eigenvalue weighted by atomic mass is 16.3. The van der Waals surface area contributed by atoms with Crippen LogP contribution in [0.2, 0.25) is 0 Å². The first-order valence-electron chi connectivity index (χ1n) is 6.82. The number of imidazole rings is 1. The second-order valence-electron chi connectivity index (χ2n) is 4.86. The number of aryl methyl sites for hydroxylation is 1. The van der Waals surface area contributed by atoms with E-state index < -0.39 is 6.10 Å². The lowest BCUT2D eigenvalue weighted by molar-refractivity contribution is 0.211. The van der Waals surface area contributed by atoms with Crippen molar-refractivity contribution in [2.45, 2.75) is 26.0 Å². The fourth-order valence-corrected chi connectivity index (χ4v) is 2.50. The van der Waals surface area contributed by atoms with E-state index in [0.29, 0.717) is 0 Å². The number of aliphatic hydroxyl groups excluding tert-OH is 1. The Balaban J connectivity index is 2.08. The maximum absolute atomic E-state index is 10.7. The Labute approximate surface area is 117 Å². The lowest BCUT2D eigenvalue weighted by Crippen LogP contribution is -2.08. The molecule has 0 aliphatic carbocycles. The van der Waals surface area contributed by atoms with Crippen molar-refractivity contribution >= 4 is 10.8 Å². The Morgan fingerprint density at radius 3 is 2.85 bits per heavy atom. The molecule has 0 amide bonds. The molecule has 0 radical (unpaired) electrons. The number of hydrogen-bond acceptors (Lipinski definition) is 3. The quantitative estimate of drug-likeness (QED) is 0.790. The van der Waals surface area contributed by atoms with E-state index in [4.69, 9.17) is 0 Å². The van der Waals surface area contributed by atoms with Crippen LogP contribution in [0.3, 0.4) is 0 Å². The molecule has 0 saturated carbocycles. The minimum Gasteiger partial charge on any atom is -0.382 e. The zero-order valence-corrected chi connectivity index (χ0v) is 11.4. The van der Waals surface area contributed by atoms with Gasteiger partial charge in [-0.25, -0.2) is 4.98 Å². The molecule has 20 heavy (non-hydrogen) atoms. The van der Waals surface area contributed by atoms with Crippen LogP contribution in [0.15, 0.2) is 49.2 Å². The molecule has 0 fully saturated rings. The van der Waals surface area contributed by atoms with E-state index in [0.717, 1.165) is 35.0 Å². The second kappa shape index (κ2) is 5.43. The number of rotatable bonds is 4. The van der Waals surface area contributed by atoms with Gasteiger partial charge in [0.15, 0.2) is 0 Å². The maximum Gasteiger partial charge on any atom is 0.123 e. The van der Waals surface area contributed by atoms with Crippen LogP contribution in [-0.4, -0.2) is 19.6 Å². The van der Waals surface area contributed by atoms with E-state index in [-0.39, 0.29) is 0 Å². The fourth-order valence-electron chi connectivity index (χ4n) is 2.50. The maximum atomic E-state index is 10.7. The first-order chi connectivity index (χ1) is 9.81. The Hall–Kier alpha value is -2.20. The van der Waals surface area contributed by atoms with Gasteiger partial charge < -0.3 is 9.67 Å². The van der Waals surface area contributed by atoms with Crippen LogP contribution >= 0.6 is 0 Å². The number of pyridine rings is 1. The molecule has 0 saturated heterocycles. The van der Waals surface area contributed by atoms with E-state index >= 15 is 0 Å². The molecular weight excluding hydrogens is 250 g/mol. The summed E-state index contributed by atoms with van der Waals surface area (Å²) in [6.07, 6.45) is 7.33. The van der Waals surface area contributed by atoms with Gasteiger partial charge in [-0.1, -0.05) is 31.2 Å². The number of nitrogens with zero attached hydrogens (tertiary/aromatic N) is 3. The minimum atomic E-state index is -0.706. The van der Waals surface area contributed by atoms with Crippen molar-refractivity contribution < 1.29 is 5.11 Å². The second-order valence-corrected chi connectivity index (χ2v) is 4.86. The third kappa shape index (κ3) is 2.18. The lowest BCUT2D eigenvalue weighted by Gasteiger charge is -2.15. The third-order valence-electron chi connectivity index (χ3n) is 3.48. The predicted molar refractivity (Wildman–Crippen MR) is 78.3 cm³/mol. The molecule has 0 aliphatic heterocycles. The van der Waals surface area contributed by atoms with E-state index in [2.05, 4.69) is 16.9 Å². The molecule has 3 aromatic rings. The average Bonchev–Trinajstić information content (AvgIpc) is 2.94. The molecule has 2 aromatic heterocycles. The summed E-state index contributed by atoms with van der Waals surface area (Å²) >= 11 is 0. The summed E-state index contributed by atoms with van der Waals surface area (Å²) in [5.41, 5.74) is 1.63. The van der Waals surface area contributed by atoms with E-state index in [1.807, 2.05) is 35.0 Å². The molecule has 1 aromatic carbocycles. The van der Waals surface area contributed by atoms with Gasteiger partial charge in [-0.15, -0.1) is 0 Å². The van der Waals surface area contributed by atoms with E-state index in [1.165, 1.54) is 0 Å². The fraction of sp³-hybridized carbons (Fsp3) is 0.250. The van der Waals surface area contributed by atoms with Crippen LogP contribution in [0, 0.1) is 0 Å². The zero-order chi connectivity index (χ0) is 13.9. The highest BCUT2D eigenvalue weighted by Gasteiger charge is 2.17. The van der Waals surface area contributed by atoms with Gasteiger partial charge in [0.1, 0.15) is 6.10 Å². The predicted octanol–water partition coefficient (Wildman–Crippen LogP) is 2.92. The van der Waals surface area contributed by atoms with Crippen LogP contribution < -0.4 is 0 Å². The molecule has 102 valence electrons. The van der Waals surface area contributed by atoms with Crippen LogP contribution in [0.4, 0.5) is 0 Å². The van der Waals surface area contributed by atoms with Crippen molar-refractivity contribution in [3.05, 3.63) is 60.4 Å². The molecule has 1 N–H and O–H groups in total. The Morgan fingerprint density at radius 1 is 1.15 bits per heavy atom. The Morgan fingerprint density at radius 2 is 2.00 bits per heavy atom. The van der Waals surface area contributed by atoms with Gasteiger partial charge in [0.2, 0.25) is 0 Å². The smallest absolute Gasteiger partial charge is 0.123 e. The summed E-state index contributed by atoms with van der Waals surface area (Å²) < 4.78 is 1.99. The number of hydrogen-bond donors (Lipinski definition) is 1. The summed E-state index contributed by atoms with van der Waals surface area (Å²) in [6, 6.07) is 7.96. The minimum absolute atomic E-state index is 0.706. The molecule has 0 spiro atoms. The number of fused-ring (bicyclic) bond motifs is 1. The van der Waals surface area contributed by atoms with Crippen LogP contribution in [0.25, 0.3) is 10.8 Å². The van der Waals surface area contributed by atoms with Gasteiger partial charge in [0.05, 0.1) is 18.2 Å². The van der Waals surface area contributed by atoms with E-state index in [1.54, 1.807) is 18.7 Å². The van der Waals surface area contributed by atoms with Gasteiger partial charge >= 0.3 is 0 Å². The summed E-state index contributed by atoms with van der Waals surface area (Å²) in [5.74, 6) is 0. The molecule has 4 heteroatoms. The zero-order valence-electron chi connectivity index (χ0n) is 11.4. The molecular formula is C16H17N3O. The average molecular weight is 267 g/mol. The summed E-state index contributed by atoms with van der Waals surface area (Å²) in [4.78, 5) is 8.38. The van der Waals surface area contributed by atoms with Gasteiger partial charge in [-0.05, 0) is 11.8 Å². The summed E-state index contributed by atoms with van der Waals surface area (Å²) in [5, 5.41) is 12.7. The highest BCUT2D eigenvalue weighted by molar-refractivity contribution is 5.85. The molecule has 0 bridgehead atoms. The standard InChI is InChI=1S/C16H17N3O/c1-2-7-19-11-18-10-15(19)16(20)14-9-17-8-12-5-3-4-6-13(12)14/h3-6,8-11,16,20H,2,7H2,1H3.